The Morgan fingerprint density at radius 1 is 1.11 bits per heavy atom. The normalized spacial score (nSPS) is 18.2. The van der Waals surface area contributed by atoms with E-state index in [0.717, 1.165) is 24.3 Å². The maximum absolute atomic E-state index is 13.2. The molecular weight excluding hydrogens is 362 g/mol. The van der Waals surface area contributed by atoms with Crippen LogP contribution in [0.4, 0.5) is 4.79 Å². The Hall–Kier alpha value is -2.13. The number of aliphatic hydroxyl groups is 1. The van der Waals surface area contributed by atoms with Crippen LogP contribution in [-0.4, -0.2) is 93.1 Å². The predicted molar refractivity (Wildman–Crippen MR) is 103 cm³/mol. The van der Waals surface area contributed by atoms with Gasteiger partial charge < -0.3 is 19.6 Å². The summed E-state index contributed by atoms with van der Waals surface area (Å²) in [6.45, 7) is 9.89. The van der Waals surface area contributed by atoms with Crippen molar-refractivity contribution >= 4 is 12.0 Å². The van der Waals surface area contributed by atoms with Crippen LogP contribution in [0.3, 0.4) is 0 Å². The summed E-state index contributed by atoms with van der Waals surface area (Å²) in [4.78, 5) is 31.3. The van der Waals surface area contributed by atoms with E-state index in [1.807, 2.05) is 25.7 Å². The predicted octanol–water partition coefficient (Wildman–Crippen LogP) is 0.463. The molecule has 1 aromatic heterocycles. The first-order chi connectivity index (χ1) is 13.2. The van der Waals surface area contributed by atoms with E-state index >= 15 is 0 Å². The molecule has 0 aromatic carbocycles. The van der Waals surface area contributed by atoms with Crippen LogP contribution in [0.2, 0.25) is 0 Å². The molecule has 1 N–H and O–H groups in total. The second kappa shape index (κ2) is 8.08. The molecule has 0 radical (unpaired) electrons. The van der Waals surface area contributed by atoms with Gasteiger partial charge in [0, 0.05) is 58.3 Å². The number of fused-ring (bicyclic) bond motifs is 1. The van der Waals surface area contributed by atoms with Gasteiger partial charge in [0.2, 0.25) is 0 Å². The maximum Gasteiger partial charge on any atom is 0.410 e. The number of amides is 2. The fourth-order valence-corrected chi connectivity index (χ4v) is 3.72. The highest BCUT2D eigenvalue weighted by Gasteiger charge is 2.33. The number of carbonyl (C=O) groups is 2. The lowest BCUT2D eigenvalue weighted by Crippen LogP contribution is -2.50. The van der Waals surface area contributed by atoms with E-state index in [0.29, 0.717) is 44.8 Å². The van der Waals surface area contributed by atoms with Crippen LogP contribution in [0, 0.1) is 0 Å². The highest BCUT2D eigenvalue weighted by molar-refractivity contribution is 5.94. The topological polar surface area (TPSA) is 91.1 Å². The lowest BCUT2D eigenvalue weighted by Gasteiger charge is -2.35. The third-order valence-electron chi connectivity index (χ3n) is 5.13. The van der Waals surface area contributed by atoms with Gasteiger partial charge in [-0.2, -0.15) is 5.10 Å². The third kappa shape index (κ3) is 4.47. The standard InChI is InChI=1S/C19H31N5O4/c1-19(2,3)28-18(27)24-6-5-15-14(13-24)16(21(4)20-15)17(26)23-9-7-22(8-10-23)11-12-25/h25H,5-13H2,1-4H3. The summed E-state index contributed by atoms with van der Waals surface area (Å²) in [6, 6.07) is 0. The van der Waals surface area contributed by atoms with Crippen molar-refractivity contribution in [2.75, 3.05) is 45.9 Å². The first kappa shape index (κ1) is 20.6. The number of nitrogens with zero attached hydrogens (tertiary/aromatic N) is 5. The van der Waals surface area contributed by atoms with Crippen LogP contribution in [0.5, 0.6) is 0 Å². The zero-order valence-corrected chi connectivity index (χ0v) is 17.3. The zero-order valence-electron chi connectivity index (χ0n) is 17.3. The van der Waals surface area contributed by atoms with E-state index < -0.39 is 5.60 Å². The molecule has 0 unspecified atom stereocenters. The number of carbonyl (C=O) groups excluding carboxylic acids is 2. The average molecular weight is 393 g/mol. The second-order valence-electron chi connectivity index (χ2n) is 8.41. The van der Waals surface area contributed by atoms with Gasteiger partial charge >= 0.3 is 6.09 Å². The minimum atomic E-state index is -0.556. The summed E-state index contributed by atoms with van der Waals surface area (Å²) in [6.07, 6.45) is 0.248. The molecule has 0 spiro atoms. The van der Waals surface area contributed by atoms with Crippen LogP contribution in [0.25, 0.3) is 0 Å². The molecule has 0 aliphatic carbocycles. The summed E-state index contributed by atoms with van der Waals surface area (Å²) in [5, 5.41) is 13.6. The number of hydrogen-bond acceptors (Lipinski definition) is 6. The Balaban J connectivity index is 1.73. The van der Waals surface area contributed by atoms with Crippen LogP contribution in [0.1, 0.15) is 42.5 Å². The number of aryl methyl sites for hydroxylation is 1. The van der Waals surface area contributed by atoms with E-state index in [1.54, 1.807) is 16.6 Å². The van der Waals surface area contributed by atoms with Gasteiger partial charge in [-0.15, -0.1) is 0 Å². The molecule has 3 rings (SSSR count). The molecule has 0 atom stereocenters. The molecule has 28 heavy (non-hydrogen) atoms. The van der Waals surface area contributed by atoms with Gasteiger partial charge in [-0.05, 0) is 20.8 Å². The smallest absolute Gasteiger partial charge is 0.410 e. The molecule has 9 heteroatoms. The van der Waals surface area contributed by atoms with Gasteiger partial charge in [0.05, 0.1) is 18.8 Å². The van der Waals surface area contributed by atoms with Crippen molar-refractivity contribution in [3.8, 4) is 0 Å². The van der Waals surface area contributed by atoms with Crippen LogP contribution < -0.4 is 0 Å². The van der Waals surface area contributed by atoms with Crippen LogP contribution >= 0.6 is 0 Å². The molecule has 0 saturated carbocycles. The first-order valence-electron chi connectivity index (χ1n) is 9.85. The van der Waals surface area contributed by atoms with Gasteiger partial charge in [0.25, 0.3) is 5.91 Å². The lowest BCUT2D eigenvalue weighted by molar-refractivity contribution is 0.0221. The number of rotatable bonds is 3. The van der Waals surface area contributed by atoms with Crippen molar-refractivity contribution in [2.24, 2.45) is 7.05 Å². The molecule has 3 heterocycles. The molecule has 0 bridgehead atoms. The summed E-state index contributed by atoms with van der Waals surface area (Å²) >= 11 is 0. The monoisotopic (exact) mass is 393 g/mol. The Kier molecular flexibility index (Phi) is 5.95. The fourth-order valence-electron chi connectivity index (χ4n) is 3.72. The SMILES string of the molecule is Cn1nc2c(c1C(=O)N1CCN(CCO)CC1)CN(C(=O)OC(C)(C)C)CC2. The van der Waals surface area contributed by atoms with Gasteiger partial charge in [-0.3, -0.25) is 14.4 Å². The minimum absolute atomic E-state index is 0.0501. The third-order valence-corrected chi connectivity index (χ3v) is 5.13. The second-order valence-corrected chi connectivity index (χ2v) is 8.41. The summed E-state index contributed by atoms with van der Waals surface area (Å²) in [7, 11) is 1.78. The van der Waals surface area contributed by atoms with Crippen molar-refractivity contribution in [1.82, 2.24) is 24.5 Å². The molecule has 2 amide bonds. The molecule has 2 aliphatic rings. The fraction of sp³-hybridized carbons (Fsp3) is 0.737. The highest BCUT2D eigenvalue weighted by Crippen LogP contribution is 2.25. The molecule has 9 nitrogen and oxygen atoms in total. The van der Waals surface area contributed by atoms with Crippen molar-refractivity contribution in [3.63, 3.8) is 0 Å². The highest BCUT2D eigenvalue weighted by atomic mass is 16.6. The number of ether oxygens (including phenoxy) is 1. The molecule has 2 aliphatic heterocycles. The minimum Gasteiger partial charge on any atom is -0.444 e. The summed E-state index contributed by atoms with van der Waals surface area (Å²) in [5.41, 5.74) is 1.70. The van der Waals surface area contributed by atoms with Crippen LogP contribution in [-0.2, 0) is 24.8 Å². The van der Waals surface area contributed by atoms with E-state index in [-0.39, 0.29) is 18.6 Å². The van der Waals surface area contributed by atoms with Crippen LogP contribution in [0.15, 0.2) is 0 Å². The van der Waals surface area contributed by atoms with Crippen molar-refractivity contribution in [1.29, 1.82) is 0 Å². The molecule has 1 fully saturated rings. The summed E-state index contributed by atoms with van der Waals surface area (Å²) < 4.78 is 7.13. The zero-order chi connectivity index (χ0) is 20.5. The molecule has 1 saturated heterocycles. The van der Waals surface area contributed by atoms with Gasteiger partial charge in [0.1, 0.15) is 11.3 Å². The molecular formula is C19H31N5O4. The van der Waals surface area contributed by atoms with Crippen molar-refractivity contribution in [2.45, 2.75) is 39.3 Å². The van der Waals surface area contributed by atoms with E-state index in [4.69, 9.17) is 9.84 Å². The van der Waals surface area contributed by atoms with Gasteiger partial charge in [0.15, 0.2) is 0 Å². The first-order valence-corrected chi connectivity index (χ1v) is 9.85. The quantitative estimate of drug-likeness (QED) is 0.803. The van der Waals surface area contributed by atoms with Gasteiger partial charge in [-0.1, -0.05) is 0 Å². The van der Waals surface area contributed by atoms with Gasteiger partial charge in [-0.25, -0.2) is 4.79 Å². The maximum atomic E-state index is 13.2. The molecule has 156 valence electrons. The average Bonchev–Trinajstić information content (AvgIpc) is 2.95. The lowest BCUT2D eigenvalue weighted by atomic mass is 10.0. The summed E-state index contributed by atoms with van der Waals surface area (Å²) in [5.74, 6) is -0.0501. The Morgan fingerprint density at radius 3 is 2.39 bits per heavy atom. The van der Waals surface area contributed by atoms with Crippen molar-refractivity contribution in [3.05, 3.63) is 17.0 Å². The number of aliphatic hydroxyl groups excluding tert-OH is 1. The Labute approximate surface area is 165 Å². The van der Waals surface area contributed by atoms with E-state index in [1.165, 1.54) is 0 Å². The van der Waals surface area contributed by atoms with E-state index in [2.05, 4.69) is 10.00 Å². The number of piperazine rings is 1. The molecule has 1 aromatic rings. The number of β-amino-alcohol motifs (C(OH)–C–C–N with tert-alkyl or cyclic N) is 1. The number of aromatic nitrogens is 2. The Bertz CT molecular complexity index is 731. The van der Waals surface area contributed by atoms with Crippen molar-refractivity contribution < 1.29 is 19.4 Å². The Morgan fingerprint density at radius 2 is 1.79 bits per heavy atom. The van der Waals surface area contributed by atoms with E-state index in [9.17, 15) is 9.59 Å². The number of hydrogen-bond donors (Lipinski definition) is 1. The largest absolute Gasteiger partial charge is 0.444 e.